The first kappa shape index (κ1) is 22.5. The summed E-state index contributed by atoms with van der Waals surface area (Å²) in [6.45, 7) is 4.74. The number of fused-ring (bicyclic) bond motifs is 1. The van der Waals surface area contributed by atoms with Crippen molar-refractivity contribution in [3.63, 3.8) is 0 Å². The number of nitrogens with one attached hydrogen (secondary N) is 2. The average molecular weight is 436 g/mol. The van der Waals surface area contributed by atoms with Crippen LogP contribution < -0.4 is 16.6 Å². The lowest BCUT2D eigenvalue weighted by molar-refractivity contribution is 0.0692. The SMILES string of the molecule is CCCn1c(=O)[nH]c(=O)c2c(C(=O)N3CCC(CNC)CC3)cc(C3CC3)nc21.Cl. The standard InChI is InChI=1S/C21H29N5O3.ClH/c1-3-8-26-18-17(19(27)24-21(26)29)15(11-16(23-18)14-4-5-14)20(28)25-9-6-13(7-10-25)12-22-2;/h11,13-14,22H,3-10,12H2,1-2H3,(H,24,27,29);1H. The van der Waals surface area contributed by atoms with E-state index in [1.165, 1.54) is 4.57 Å². The predicted molar refractivity (Wildman–Crippen MR) is 119 cm³/mol. The van der Waals surface area contributed by atoms with Crippen molar-refractivity contribution in [2.24, 2.45) is 5.92 Å². The second kappa shape index (κ2) is 9.31. The molecule has 3 heterocycles. The second-order valence-electron chi connectivity index (χ2n) is 8.27. The van der Waals surface area contributed by atoms with Gasteiger partial charge in [-0.1, -0.05) is 6.92 Å². The van der Waals surface area contributed by atoms with E-state index in [2.05, 4.69) is 15.3 Å². The molecule has 1 amide bonds. The van der Waals surface area contributed by atoms with E-state index < -0.39 is 11.2 Å². The molecule has 2 N–H and O–H groups in total. The van der Waals surface area contributed by atoms with E-state index in [-0.39, 0.29) is 23.7 Å². The smallest absolute Gasteiger partial charge is 0.329 e. The normalized spacial score (nSPS) is 17.2. The van der Waals surface area contributed by atoms with Gasteiger partial charge in [-0.25, -0.2) is 9.78 Å². The Bertz CT molecular complexity index is 1040. The van der Waals surface area contributed by atoms with Gasteiger partial charge in [-0.3, -0.25) is 19.1 Å². The quantitative estimate of drug-likeness (QED) is 0.721. The van der Waals surface area contributed by atoms with E-state index >= 15 is 0 Å². The van der Waals surface area contributed by atoms with E-state index in [0.29, 0.717) is 42.7 Å². The van der Waals surface area contributed by atoms with Gasteiger partial charge in [-0.15, -0.1) is 12.4 Å². The van der Waals surface area contributed by atoms with Crippen molar-refractivity contribution < 1.29 is 4.79 Å². The van der Waals surface area contributed by atoms with E-state index in [1.807, 2.05) is 18.9 Å². The van der Waals surface area contributed by atoms with Gasteiger partial charge in [0.15, 0.2) is 5.65 Å². The number of aromatic nitrogens is 3. The van der Waals surface area contributed by atoms with Crippen LogP contribution in [0.25, 0.3) is 11.0 Å². The fourth-order valence-electron chi connectivity index (χ4n) is 4.28. The largest absolute Gasteiger partial charge is 0.339 e. The molecule has 1 saturated heterocycles. The Balaban J connectivity index is 0.00000256. The summed E-state index contributed by atoms with van der Waals surface area (Å²) in [5.41, 5.74) is 0.561. The highest BCUT2D eigenvalue weighted by Gasteiger charge is 2.31. The number of halogens is 1. The maximum atomic E-state index is 13.4. The lowest BCUT2D eigenvalue weighted by Gasteiger charge is -2.32. The molecule has 2 aromatic rings. The minimum atomic E-state index is -0.527. The Kier molecular flexibility index (Phi) is 6.98. The number of aryl methyl sites for hydroxylation is 1. The molecule has 4 rings (SSSR count). The molecule has 0 radical (unpaired) electrons. The minimum Gasteiger partial charge on any atom is -0.339 e. The molecule has 1 aliphatic heterocycles. The van der Waals surface area contributed by atoms with Crippen LogP contribution in [0.1, 0.15) is 61.0 Å². The van der Waals surface area contributed by atoms with Crippen LogP contribution in [0.2, 0.25) is 0 Å². The molecule has 8 nitrogen and oxygen atoms in total. The minimum absolute atomic E-state index is 0. The molecular formula is C21H30ClN5O3. The average Bonchev–Trinajstić information content (AvgIpc) is 3.56. The highest BCUT2D eigenvalue weighted by atomic mass is 35.5. The maximum Gasteiger partial charge on any atom is 0.329 e. The van der Waals surface area contributed by atoms with Crippen LogP contribution in [0.4, 0.5) is 0 Å². The first-order chi connectivity index (χ1) is 14.0. The number of pyridine rings is 1. The van der Waals surface area contributed by atoms with Crippen molar-refractivity contribution in [2.75, 3.05) is 26.7 Å². The number of nitrogens with zero attached hydrogens (tertiary/aromatic N) is 3. The summed E-state index contributed by atoms with van der Waals surface area (Å²) < 4.78 is 1.50. The zero-order valence-corrected chi connectivity index (χ0v) is 18.4. The summed E-state index contributed by atoms with van der Waals surface area (Å²) >= 11 is 0. The van der Waals surface area contributed by atoms with Crippen LogP contribution in [0.5, 0.6) is 0 Å². The molecule has 30 heavy (non-hydrogen) atoms. The maximum absolute atomic E-state index is 13.4. The molecule has 164 valence electrons. The Hall–Kier alpha value is -2.19. The van der Waals surface area contributed by atoms with Crippen molar-refractivity contribution in [2.45, 2.75) is 51.5 Å². The molecule has 2 aliphatic rings. The fraction of sp³-hybridized carbons (Fsp3) is 0.619. The summed E-state index contributed by atoms with van der Waals surface area (Å²) in [5, 5.41) is 3.45. The Labute approximate surface area is 181 Å². The topological polar surface area (TPSA) is 100 Å². The van der Waals surface area contributed by atoms with Crippen molar-refractivity contribution in [1.82, 2.24) is 24.8 Å². The number of carbonyl (C=O) groups is 1. The van der Waals surface area contributed by atoms with Crippen molar-refractivity contribution in [1.29, 1.82) is 0 Å². The van der Waals surface area contributed by atoms with Gasteiger partial charge >= 0.3 is 5.69 Å². The van der Waals surface area contributed by atoms with Crippen LogP contribution in [0, 0.1) is 5.92 Å². The zero-order valence-electron chi connectivity index (χ0n) is 17.6. The lowest BCUT2D eigenvalue weighted by atomic mass is 9.96. The number of amides is 1. The molecule has 1 aliphatic carbocycles. The van der Waals surface area contributed by atoms with Gasteiger partial charge in [0.05, 0.1) is 10.9 Å². The third kappa shape index (κ3) is 4.30. The molecule has 2 aromatic heterocycles. The molecule has 0 bridgehead atoms. The number of rotatable bonds is 6. The van der Waals surface area contributed by atoms with Gasteiger partial charge in [0.1, 0.15) is 0 Å². The molecule has 0 aromatic carbocycles. The number of H-pyrrole nitrogens is 1. The van der Waals surface area contributed by atoms with Gasteiger partial charge in [0, 0.05) is 31.2 Å². The molecular weight excluding hydrogens is 406 g/mol. The van der Waals surface area contributed by atoms with Crippen molar-refractivity contribution in [3.8, 4) is 0 Å². The van der Waals surface area contributed by atoms with Crippen LogP contribution in [-0.2, 0) is 6.54 Å². The number of carbonyl (C=O) groups excluding carboxylic acids is 1. The molecule has 1 saturated carbocycles. The highest BCUT2D eigenvalue weighted by molar-refractivity contribution is 6.05. The summed E-state index contributed by atoms with van der Waals surface area (Å²) in [5.74, 6) is 0.754. The van der Waals surface area contributed by atoms with Gasteiger partial charge in [-0.2, -0.15) is 0 Å². The highest BCUT2D eigenvalue weighted by Crippen LogP contribution is 2.40. The molecule has 0 atom stereocenters. The van der Waals surface area contributed by atoms with Crippen LogP contribution >= 0.6 is 12.4 Å². The molecule has 9 heteroatoms. The van der Waals surface area contributed by atoms with Gasteiger partial charge in [0.25, 0.3) is 11.5 Å². The van der Waals surface area contributed by atoms with Crippen LogP contribution in [0.3, 0.4) is 0 Å². The number of likely N-dealkylation sites (tertiary alicyclic amines) is 1. The second-order valence-corrected chi connectivity index (χ2v) is 8.27. The zero-order chi connectivity index (χ0) is 20.5. The summed E-state index contributed by atoms with van der Waals surface area (Å²) in [7, 11) is 1.95. The fourth-order valence-corrected chi connectivity index (χ4v) is 4.28. The van der Waals surface area contributed by atoms with Crippen molar-refractivity contribution in [3.05, 3.63) is 38.2 Å². The molecule has 0 unspecified atom stereocenters. The third-order valence-electron chi connectivity index (χ3n) is 6.04. The van der Waals surface area contributed by atoms with Crippen LogP contribution in [-0.4, -0.2) is 52.0 Å². The summed E-state index contributed by atoms with van der Waals surface area (Å²) in [6.07, 6.45) is 4.69. The number of aromatic amines is 1. The Morgan fingerprint density at radius 2 is 1.93 bits per heavy atom. The van der Waals surface area contributed by atoms with E-state index in [0.717, 1.165) is 44.3 Å². The first-order valence-electron chi connectivity index (χ1n) is 10.6. The number of piperidine rings is 1. The van der Waals surface area contributed by atoms with Crippen LogP contribution in [0.15, 0.2) is 15.7 Å². The number of hydrogen-bond donors (Lipinski definition) is 2. The lowest BCUT2D eigenvalue weighted by Crippen LogP contribution is -2.41. The van der Waals surface area contributed by atoms with Gasteiger partial charge in [0.2, 0.25) is 0 Å². The Morgan fingerprint density at radius 1 is 1.23 bits per heavy atom. The van der Waals surface area contributed by atoms with Gasteiger partial charge in [-0.05, 0) is 57.7 Å². The summed E-state index contributed by atoms with van der Waals surface area (Å²) in [4.78, 5) is 47.4. The first-order valence-corrected chi connectivity index (χ1v) is 10.6. The molecule has 0 spiro atoms. The van der Waals surface area contributed by atoms with E-state index in [1.54, 1.807) is 6.07 Å². The predicted octanol–water partition coefficient (Wildman–Crippen LogP) is 1.87. The van der Waals surface area contributed by atoms with E-state index in [4.69, 9.17) is 0 Å². The van der Waals surface area contributed by atoms with E-state index in [9.17, 15) is 14.4 Å². The summed E-state index contributed by atoms with van der Waals surface area (Å²) in [6, 6.07) is 1.79. The monoisotopic (exact) mass is 435 g/mol. The third-order valence-corrected chi connectivity index (χ3v) is 6.04. The van der Waals surface area contributed by atoms with Gasteiger partial charge < -0.3 is 10.2 Å². The molecule has 2 fully saturated rings. The van der Waals surface area contributed by atoms with Crippen molar-refractivity contribution >= 4 is 29.3 Å². The Morgan fingerprint density at radius 3 is 2.53 bits per heavy atom. The number of hydrogen-bond acceptors (Lipinski definition) is 5.